The number of likely N-dealkylation sites (N-methyl/N-ethyl adjacent to an activating group) is 1. The van der Waals surface area contributed by atoms with Crippen molar-refractivity contribution in [2.75, 3.05) is 20.7 Å². The van der Waals surface area contributed by atoms with Gasteiger partial charge in [-0.25, -0.2) is 4.79 Å². The van der Waals surface area contributed by atoms with Crippen molar-refractivity contribution in [3.05, 3.63) is 0 Å². The van der Waals surface area contributed by atoms with Crippen molar-refractivity contribution in [3.8, 4) is 0 Å². The fourth-order valence-electron chi connectivity index (χ4n) is 0.554. The molecule has 0 aliphatic heterocycles. The van der Waals surface area contributed by atoms with Crippen LogP contribution in [0.5, 0.6) is 0 Å². The molecule has 1 amide bonds. The summed E-state index contributed by atoms with van der Waals surface area (Å²) >= 11 is 0. The molecule has 0 aromatic carbocycles. The van der Waals surface area contributed by atoms with Gasteiger partial charge in [-0.05, 0) is 6.92 Å². The van der Waals surface area contributed by atoms with E-state index in [4.69, 9.17) is 0 Å². The number of hydrogen-bond acceptors (Lipinski definition) is 3. The van der Waals surface area contributed by atoms with Crippen molar-refractivity contribution < 1.29 is 14.3 Å². The Morgan fingerprint density at radius 3 is 2.30 bits per heavy atom. The van der Waals surface area contributed by atoms with E-state index < -0.39 is 6.09 Å². The first-order valence-corrected chi connectivity index (χ1v) is 2.86. The molecule has 0 unspecified atom stereocenters. The van der Waals surface area contributed by atoms with E-state index in [1.807, 2.05) is 0 Å². The summed E-state index contributed by atoms with van der Waals surface area (Å²) in [5.41, 5.74) is 0. The summed E-state index contributed by atoms with van der Waals surface area (Å²) in [5, 5.41) is 0. The van der Waals surface area contributed by atoms with Crippen LogP contribution in [-0.4, -0.2) is 37.5 Å². The highest BCUT2D eigenvalue weighted by Crippen LogP contribution is 1.87. The van der Waals surface area contributed by atoms with E-state index in [2.05, 4.69) is 4.74 Å². The third-order valence-corrected chi connectivity index (χ3v) is 0.946. The highest BCUT2D eigenvalue weighted by Gasteiger charge is 2.08. The highest BCUT2D eigenvalue weighted by molar-refractivity contribution is 5.81. The van der Waals surface area contributed by atoms with E-state index in [1.165, 1.54) is 26.0 Å². The fraction of sp³-hybridized carbons (Fsp3) is 0.667. The fourth-order valence-corrected chi connectivity index (χ4v) is 0.554. The molecule has 0 bridgehead atoms. The van der Waals surface area contributed by atoms with Crippen LogP contribution in [0.2, 0.25) is 0 Å². The second-order valence-corrected chi connectivity index (χ2v) is 2.03. The number of ketones is 1. The van der Waals surface area contributed by atoms with Crippen molar-refractivity contribution in [1.82, 2.24) is 4.90 Å². The van der Waals surface area contributed by atoms with Crippen molar-refractivity contribution in [2.45, 2.75) is 6.92 Å². The summed E-state index contributed by atoms with van der Waals surface area (Å²) in [6.07, 6.45) is -0.491. The highest BCUT2D eigenvalue weighted by atomic mass is 16.5. The quantitative estimate of drug-likeness (QED) is 0.560. The zero-order valence-corrected chi connectivity index (χ0v) is 6.38. The van der Waals surface area contributed by atoms with E-state index in [-0.39, 0.29) is 12.3 Å². The Bertz CT molecular complexity index is 144. The van der Waals surface area contributed by atoms with Gasteiger partial charge >= 0.3 is 6.09 Å². The zero-order chi connectivity index (χ0) is 8.15. The maximum Gasteiger partial charge on any atom is 0.409 e. The van der Waals surface area contributed by atoms with Crippen LogP contribution < -0.4 is 0 Å². The Balaban J connectivity index is 3.72. The maximum absolute atomic E-state index is 10.6. The zero-order valence-electron chi connectivity index (χ0n) is 6.38. The van der Waals surface area contributed by atoms with Gasteiger partial charge in [0.25, 0.3) is 0 Å². The Morgan fingerprint density at radius 1 is 1.50 bits per heavy atom. The third kappa shape index (κ3) is 3.06. The van der Waals surface area contributed by atoms with E-state index in [0.717, 1.165) is 0 Å². The summed E-state index contributed by atoms with van der Waals surface area (Å²) in [4.78, 5) is 22.2. The average Bonchev–Trinajstić information content (AvgIpc) is 1.85. The van der Waals surface area contributed by atoms with Gasteiger partial charge in [-0.1, -0.05) is 0 Å². The third-order valence-electron chi connectivity index (χ3n) is 0.946. The number of ether oxygens (including phenoxy) is 1. The lowest BCUT2D eigenvalue weighted by molar-refractivity contribution is -0.117. The molecule has 0 aliphatic rings. The number of carbonyl (C=O) groups excluding carboxylic acids is 2. The average molecular weight is 145 g/mol. The molecule has 0 aromatic heterocycles. The van der Waals surface area contributed by atoms with Crippen LogP contribution in [0.3, 0.4) is 0 Å². The van der Waals surface area contributed by atoms with Crippen molar-refractivity contribution in [2.24, 2.45) is 0 Å². The van der Waals surface area contributed by atoms with Crippen LogP contribution in [0.15, 0.2) is 0 Å². The van der Waals surface area contributed by atoms with Crippen LogP contribution in [-0.2, 0) is 9.53 Å². The van der Waals surface area contributed by atoms with E-state index in [9.17, 15) is 9.59 Å². The number of methoxy groups -OCH3 is 1. The van der Waals surface area contributed by atoms with Gasteiger partial charge in [-0.2, -0.15) is 0 Å². The first kappa shape index (κ1) is 8.94. The minimum atomic E-state index is -0.491. The predicted molar refractivity (Wildman–Crippen MR) is 35.7 cm³/mol. The van der Waals surface area contributed by atoms with Gasteiger partial charge in [0, 0.05) is 7.05 Å². The van der Waals surface area contributed by atoms with Gasteiger partial charge in [0.1, 0.15) is 5.78 Å². The molecule has 0 saturated carbocycles. The summed E-state index contributed by atoms with van der Waals surface area (Å²) in [7, 11) is 2.78. The monoisotopic (exact) mass is 145 g/mol. The summed E-state index contributed by atoms with van der Waals surface area (Å²) in [6.45, 7) is 1.52. The lowest BCUT2D eigenvalue weighted by Gasteiger charge is -2.12. The van der Waals surface area contributed by atoms with Gasteiger partial charge in [0.2, 0.25) is 0 Å². The molecule has 0 heterocycles. The van der Waals surface area contributed by atoms with Crippen molar-refractivity contribution in [3.63, 3.8) is 0 Å². The number of Topliss-reactive ketones (excluding diaryl/α,β-unsaturated/α-hetero) is 1. The lowest BCUT2D eigenvalue weighted by Crippen LogP contribution is -2.30. The molecule has 4 heteroatoms. The standard InChI is InChI=1S/C6H11NO3/c1-5(8)4-7(2)6(9)10-3/h4H2,1-3H3. The molecule has 58 valence electrons. The Labute approximate surface area is 59.8 Å². The second-order valence-electron chi connectivity index (χ2n) is 2.03. The first-order valence-electron chi connectivity index (χ1n) is 2.86. The molecule has 4 nitrogen and oxygen atoms in total. The topological polar surface area (TPSA) is 46.6 Å². The van der Waals surface area contributed by atoms with Gasteiger partial charge in [0.05, 0.1) is 13.7 Å². The Kier molecular flexibility index (Phi) is 3.46. The number of amides is 1. The van der Waals surface area contributed by atoms with Crippen LogP contribution in [0.25, 0.3) is 0 Å². The van der Waals surface area contributed by atoms with Crippen molar-refractivity contribution in [1.29, 1.82) is 0 Å². The summed E-state index contributed by atoms with van der Waals surface area (Å²) < 4.78 is 4.35. The second kappa shape index (κ2) is 3.87. The van der Waals surface area contributed by atoms with Crippen LogP contribution in [0.4, 0.5) is 4.79 Å². The molecule has 0 aromatic rings. The number of nitrogens with zero attached hydrogens (tertiary/aromatic N) is 1. The largest absolute Gasteiger partial charge is 0.453 e. The van der Waals surface area contributed by atoms with Gasteiger partial charge in [-0.15, -0.1) is 0 Å². The van der Waals surface area contributed by atoms with Gasteiger partial charge in [-0.3, -0.25) is 4.79 Å². The Hall–Kier alpha value is -1.06. The van der Waals surface area contributed by atoms with Crippen LogP contribution in [0, 0.1) is 0 Å². The molecule has 0 rings (SSSR count). The molecular weight excluding hydrogens is 134 g/mol. The predicted octanol–water partition coefficient (Wildman–Crippen LogP) is 0.274. The smallest absolute Gasteiger partial charge is 0.409 e. The minimum absolute atomic E-state index is 0.0621. The number of carbonyl (C=O) groups is 2. The van der Waals surface area contributed by atoms with Gasteiger partial charge in [0.15, 0.2) is 0 Å². The molecule has 0 spiro atoms. The molecule has 10 heavy (non-hydrogen) atoms. The minimum Gasteiger partial charge on any atom is -0.453 e. The van der Waals surface area contributed by atoms with E-state index >= 15 is 0 Å². The normalized spacial score (nSPS) is 8.70. The summed E-state index contributed by atoms with van der Waals surface area (Å²) in [6, 6.07) is 0. The molecular formula is C6H11NO3. The van der Waals surface area contributed by atoms with Crippen LogP contribution in [0.1, 0.15) is 6.92 Å². The lowest BCUT2D eigenvalue weighted by atomic mass is 10.4. The van der Waals surface area contributed by atoms with E-state index in [1.54, 1.807) is 0 Å². The SMILES string of the molecule is COC(=O)N(C)CC(C)=O. The Morgan fingerprint density at radius 2 is 2.00 bits per heavy atom. The van der Waals surface area contributed by atoms with Gasteiger partial charge < -0.3 is 9.64 Å². The molecule has 0 atom stereocenters. The maximum atomic E-state index is 10.6. The molecule has 0 fully saturated rings. The molecule has 0 N–H and O–H groups in total. The molecule has 0 saturated heterocycles. The number of hydrogen-bond donors (Lipinski definition) is 0. The first-order chi connectivity index (χ1) is 4.57. The van der Waals surface area contributed by atoms with E-state index in [0.29, 0.717) is 0 Å². The van der Waals surface area contributed by atoms with Crippen LogP contribution >= 0.6 is 0 Å². The summed E-state index contributed by atoms with van der Waals surface area (Å²) in [5.74, 6) is -0.0621. The van der Waals surface area contributed by atoms with Crippen molar-refractivity contribution >= 4 is 11.9 Å². The number of rotatable bonds is 2. The molecule has 0 aliphatic carbocycles. The molecule has 0 radical (unpaired) electrons.